The van der Waals surface area contributed by atoms with Crippen LogP contribution in [0.15, 0.2) is 11.0 Å². The molecule has 108 valence electrons. The Hall–Kier alpha value is -0.470. The molecule has 0 aliphatic carbocycles. The van der Waals surface area contributed by atoms with E-state index in [0.29, 0.717) is 22.9 Å². The Labute approximate surface area is 118 Å². The van der Waals surface area contributed by atoms with Gasteiger partial charge in [-0.25, -0.2) is 8.42 Å². The average molecular weight is 304 g/mol. The second-order valence-electron chi connectivity index (χ2n) is 4.98. The first kappa shape index (κ1) is 14.9. The maximum Gasteiger partial charge on any atom is 0.244 e. The highest BCUT2D eigenvalue weighted by Gasteiger charge is 2.32. The van der Waals surface area contributed by atoms with Crippen LogP contribution in [0.25, 0.3) is 0 Å². The van der Waals surface area contributed by atoms with E-state index >= 15 is 0 Å². The standard InChI is InChI=1S/C12H20N2O3S2/c1-9-7-14(5-4-13(9)3)19(16,17)12-6-11(8-15)18-10(12)2/h6,9,15H,4-5,7-8H2,1-3H3. The average Bonchev–Trinajstić information content (AvgIpc) is 2.74. The Bertz CT molecular complexity index is 553. The maximum absolute atomic E-state index is 12.6. The van der Waals surface area contributed by atoms with Crippen LogP contribution in [0.2, 0.25) is 0 Å². The van der Waals surface area contributed by atoms with Gasteiger partial charge < -0.3 is 10.0 Å². The van der Waals surface area contributed by atoms with Crippen molar-refractivity contribution in [3.05, 3.63) is 15.8 Å². The van der Waals surface area contributed by atoms with Crippen LogP contribution in [0, 0.1) is 6.92 Å². The lowest BCUT2D eigenvalue weighted by atomic mass is 10.2. The van der Waals surface area contributed by atoms with Crippen LogP contribution < -0.4 is 0 Å². The molecule has 1 unspecified atom stereocenters. The van der Waals surface area contributed by atoms with Crippen LogP contribution in [-0.4, -0.2) is 55.5 Å². The van der Waals surface area contributed by atoms with Gasteiger partial charge in [-0.15, -0.1) is 11.3 Å². The molecule has 7 heteroatoms. The van der Waals surface area contributed by atoms with Gasteiger partial charge in [-0.1, -0.05) is 0 Å². The number of aryl methyl sites for hydroxylation is 1. The van der Waals surface area contributed by atoms with E-state index in [-0.39, 0.29) is 12.6 Å². The van der Waals surface area contributed by atoms with E-state index in [9.17, 15) is 8.42 Å². The molecule has 1 aromatic heterocycles. The number of sulfonamides is 1. The van der Waals surface area contributed by atoms with Crippen molar-refractivity contribution >= 4 is 21.4 Å². The first-order chi connectivity index (χ1) is 8.86. The molecular weight excluding hydrogens is 284 g/mol. The molecule has 2 heterocycles. The lowest BCUT2D eigenvalue weighted by molar-refractivity contribution is 0.159. The van der Waals surface area contributed by atoms with Gasteiger partial charge in [-0.3, -0.25) is 0 Å². The molecule has 0 bridgehead atoms. The molecule has 1 aromatic rings. The Morgan fingerprint density at radius 2 is 2.16 bits per heavy atom. The summed E-state index contributed by atoms with van der Waals surface area (Å²) in [7, 11) is -1.42. The summed E-state index contributed by atoms with van der Waals surface area (Å²) in [5.74, 6) is 0. The number of hydrogen-bond acceptors (Lipinski definition) is 5. The fraction of sp³-hybridized carbons (Fsp3) is 0.667. The highest BCUT2D eigenvalue weighted by Crippen LogP contribution is 2.29. The smallest absolute Gasteiger partial charge is 0.244 e. The van der Waals surface area contributed by atoms with Gasteiger partial charge in [0.15, 0.2) is 0 Å². The quantitative estimate of drug-likeness (QED) is 0.900. The third kappa shape index (κ3) is 2.85. The molecule has 5 nitrogen and oxygen atoms in total. The van der Waals surface area contributed by atoms with Crippen LogP contribution in [0.3, 0.4) is 0 Å². The van der Waals surface area contributed by atoms with Crippen molar-refractivity contribution < 1.29 is 13.5 Å². The van der Waals surface area contributed by atoms with Crippen molar-refractivity contribution in [2.24, 2.45) is 0 Å². The van der Waals surface area contributed by atoms with E-state index in [4.69, 9.17) is 5.11 Å². The summed E-state index contributed by atoms with van der Waals surface area (Å²) in [5, 5.41) is 9.12. The third-order valence-corrected chi connectivity index (χ3v) is 6.78. The van der Waals surface area contributed by atoms with Crippen molar-refractivity contribution in [2.75, 3.05) is 26.7 Å². The topological polar surface area (TPSA) is 60.9 Å². The number of nitrogens with zero attached hydrogens (tertiary/aromatic N) is 2. The molecule has 1 N–H and O–H groups in total. The molecule has 0 amide bonds. The van der Waals surface area contributed by atoms with E-state index < -0.39 is 10.0 Å². The van der Waals surface area contributed by atoms with E-state index in [0.717, 1.165) is 11.4 Å². The number of rotatable bonds is 3. The molecule has 1 fully saturated rings. The molecule has 1 aliphatic heterocycles. The van der Waals surface area contributed by atoms with Crippen LogP contribution in [0.4, 0.5) is 0 Å². The molecule has 1 aliphatic rings. The van der Waals surface area contributed by atoms with Crippen molar-refractivity contribution in [1.82, 2.24) is 9.21 Å². The van der Waals surface area contributed by atoms with E-state index in [1.54, 1.807) is 17.3 Å². The minimum absolute atomic E-state index is 0.111. The molecular formula is C12H20N2O3S2. The van der Waals surface area contributed by atoms with Crippen molar-refractivity contribution in [2.45, 2.75) is 31.4 Å². The van der Waals surface area contributed by atoms with Gasteiger partial charge in [-0.05, 0) is 27.0 Å². The Morgan fingerprint density at radius 1 is 1.47 bits per heavy atom. The maximum atomic E-state index is 12.6. The molecule has 0 saturated carbocycles. The molecule has 0 aromatic carbocycles. The summed E-state index contributed by atoms with van der Waals surface area (Å²) in [6.07, 6.45) is 0. The Balaban J connectivity index is 2.29. The minimum Gasteiger partial charge on any atom is -0.391 e. The molecule has 1 atom stereocenters. The summed E-state index contributed by atoms with van der Waals surface area (Å²) in [6, 6.07) is 1.82. The largest absolute Gasteiger partial charge is 0.391 e. The van der Waals surface area contributed by atoms with E-state index in [2.05, 4.69) is 4.90 Å². The van der Waals surface area contributed by atoms with Crippen LogP contribution >= 0.6 is 11.3 Å². The van der Waals surface area contributed by atoms with Gasteiger partial charge in [-0.2, -0.15) is 4.31 Å². The van der Waals surface area contributed by atoms with Gasteiger partial charge in [0.25, 0.3) is 0 Å². The predicted molar refractivity (Wildman–Crippen MR) is 75.8 cm³/mol. The molecule has 2 rings (SSSR count). The second kappa shape index (κ2) is 5.49. The number of likely N-dealkylation sites (N-methyl/N-ethyl adjacent to an activating group) is 1. The summed E-state index contributed by atoms with van der Waals surface area (Å²) in [6.45, 7) is 5.49. The number of thiophene rings is 1. The number of piperazine rings is 1. The van der Waals surface area contributed by atoms with Gasteiger partial charge in [0.05, 0.1) is 11.5 Å². The Morgan fingerprint density at radius 3 is 2.68 bits per heavy atom. The summed E-state index contributed by atoms with van der Waals surface area (Å²) < 4.78 is 26.8. The minimum atomic E-state index is -3.43. The van der Waals surface area contributed by atoms with Crippen molar-refractivity contribution in [3.63, 3.8) is 0 Å². The van der Waals surface area contributed by atoms with E-state index in [1.807, 2.05) is 14.0 Å². The van der Waals surface area contributed by atoms with Gasteiger partial charge in [0.2, 0.25) is 10.0 Å². The highest BCUT2D eigenvalue weighted by molar-refractivity contribution is 7.89. The zero-order valence-corrected chi connectivity index (χ0v) is 13.1. The van der Waals surface area contributed by atoms with Crippen LogP contribution in [0.1, 0.15) is 16.7 Å². The highest BCUT2D eigenvalue weighted by atomic mass is 32.2. The van der Waals surface area contributed by atoms with Crippen LogP contribution in [-0.2, 0) is 16.6 Å². The Kier molecular flexibility index (Phi) is 4.32. The lowest BCUT2D eigenvalue weighted by Gasteiger charge is -2.36. The zero-order chi connectivity index (χ0) is 14.2. The summed E-state index contributed by atoms with van der Waals surface area (Å²) in [5.41, 5.74) is 0. The number of hydrogen-bond donors (Lipinski definition) is 1. The normalized spacial score (nSPS) is 22.8. The number of aliphatic hydroxyl groups is 1. The third-order valence-electron chi connectivity index (χ3n) is 3.62. The van der Waals surface area contributed by atoms with Gasteiger partial charge >= 0.3 is 0 Å². The first-order valence-corrected chi connectivity index (χ1v) is 8.52. The lowest BCUT2D eigenvalue weighted by Crippen LogP contribution is -2.51. The molecule has 0 spiro atoms. The van der Waals surface area contributed by atoms with E-state index in [1.165, 1.54) is 11.3 Å². The van der Waals surface area contributed by atoms with Crippen molar-refractivity contribution in [3.8, 4) is 0 Å². The summed E-state index contributed by atoms with van der Waals surface area (Å²) in [4.78, 5) is 3.94. The van der Waals surface area contributed by atoms with Gasteiger partial charge in [0, 0.05) is 35.4 Å². The van der Waals surface area contributed by atoms with Crippen LogP contribution in [0.5, 0.6) is 0 Å². The van der Waals surface area contributed by atoms with Gasteiger partial charge in [0.1, 0.15) is 0 Å². The monoisotopic (exact) mass is 304 g/mol. The summed E-state index contributed by atoms with van der Waals surface area (Å²) >= 11 is 1.34. The first-order valence-electron chi connectivity index (χ1n) is 6.27. The zero-order valence-electron chi connectivity index (χ0n) is 11.5. The predicted octanol–water partition coefficient (Wildman–Crippen LogP) is 0.873. The molecule has 1 saturated heterocycles. The fourth-order valence-electron chi connectivity index (χ4n) is 2.23. The molecule has 19 heavy (non-hydrogen) atoms. The number of aliphatic hydroxyl groups excluding tert-OH is 1. The SMILES string of the molecule is Cc1sc(CO)cc1S(=O)(=O)N1CCN(C)C(C)C1. The fourth-order valence-corrected chi connectivity index (χ4v) is 5.21. The second-order valence-corrected chi connectivity index (χ2v) is 8.23. The van der Waals surface area contributed by atoms with Crippen molar-refractivity contribution in [1.29, 1.82) is 0 Å². The molecule has 0 radical (unpaired) electrons.